The van der Waals surface area contributed by atoms with Crippen molar-refractivity contribution >= 4 is 41.5 Å². The summed E-state index contributed by atoms with van der Waals surface area (Å²) in [4.78, 5) is 7.23. The molecule has 0 saturated carbocycles. The molecule has 26 heavy (non-hydrogen) atoms. The Kier molecular flexibility index (Phi) is 11.5. The number of hydrogen-bond donors (Lipinski definition) is 2. The summed E-state index contributed by atoms with van der Waals surface area (Å²) < 4.78 is 5.52. The van der Waals surface area contributed by atoms with E-state index in [4.69, 9.17) is 21.3 Å². The van der Waals surface area contributed by atoms with Crippen molar-refractivity contribution in [2.45, 2.75) is 39.3 Å². The van der Waals surface area contributed by atoms with Crippen molar-refractivity contribution < 1.29 is 4.74 Å². The molecule has 0 amide bonds. The standard InChI is InChI=1S/C19H31ClN4O.HI/c1-4-21-19(22-10-9-17-7-5-6-8-18(17)20)23-13-15(2)24-11-12-25-14-16(24)3;/h5-8,15-16H,4,9-14H2,1-3H3,(H2,21,22,23);1H. The summed E-state index contributed by atoms with van der Waals surface area (Å²) in [5.74, 6) is 0.863. The molecule has 1 aliphatic rings. The molecule has 1 aromatic rings. The maximum atomic E-state index is 6.21. The Hall–Kier alpha value is -0.570. The Morgan fingerprint density at radius 2 is 2.15 bits per heavy atom. The zero-order chi connectivity index (χ0) is 18.1. The third-order valence-electron chi connectivity index (χ3n) is 4.49. The molecule has 0 bridgehead atoms. The van der Waals surface area contributed by atoms with Gasteiger partial charge in [-0.25, -0.2) is 0 Å². The largest absolute Gasteiger partial charge is 0.379 e. The molecular formula is C19H32ClIN4O. The molecule has 0 radical (unpaired) electrons. The monoisotopic (exact) mass is 494 g/mol. The number of aliphatic imine (C=N–C) groups is 1. The van der Waals surface area contributed by atoms with Crippen LogP contribution in [0.4, 0.5) is 0 Å². The van der Waals surface area contributed by atoms with E-state index in [-0.39, 0.29) is 24.0 Å². The molecule has 1 fully saturated rings. The highest BCUT2D eigenvalue weighted by Gasteiger charge is 2.23. The second kappa shape index (κ2) is 12.8. The van der Waals surface area contributed by atoms with Crippen LogP contribution in [0, 0.1) is 0 Å². The topological polar surface area (TPSA) is 48.9 Å². The van der Waals surface area contributed by atoms with E-state index < -0.39 is 0 Å². The average Bonchev–Trinajstić information content (AvgIpc) is 2.61. The SMILES string of the molecule is CCNC(=NCC(C)N1CCOCC1C)NCCc1ccccc1Cl.I. The van der Waals surface area contributed by atoms with Crippen molar-refractivity contribution in [3.8, 4) is 0 Å². The van der Waals surface area contributed by atoms with E-state index in [1.165, 1.54) is 0 Å². The minimum Gasteiger partial charge on any atom is -0.379 e. The molecule has 5 nitrogen and oxygen atoms in total. The van der Waals surface area contributed by atoms with E-state index in [0.29, 0.717) is 12.1 Å². The summed E-state index contributed by atoms with van der Waals surface area (Å²) in [5.41, 5.74) is 1.16. The molecule has 2 N–H and O–H groups in total. The van der Waals surface area contributed by atoms with Crippen LogP contribution in [0.2, 0.25) is 5.02 Å². The van der Waals surface area contributed by atoms with Crippen molar-refractivity contribution in [1.29, 1.82) is 0 Å². The van der Waals surface area contributed by atoms with Crippen LogP contribution in [0.1, 0.15) is 26.3 Å². The zero-order valence-corrected chi connectivity index (χ0v) is 19.1. The molecule has 0 spiro atoms. The van der Waals surface area contributed by atoms with Crippen LogP contribution in [0.15, 0.2) is 29.3 Å². The van der Waals surface area contributed by atoms with E-state index in [1.54, 1.807) is 0 Å². The Morgan fingerprint density at radius 1 is 1.38 bits per heavy atom. The molecule has 0 aliphatic carbocycles. The van der Waals surface area contributed by atoms with E-state index in [1.807, 2.05) is 18.2 Å². The van der Waals surface area contributed by atoms with Crippen LogP contribution in [0.5, 0.6) is 0 Å². The van der Waals surface area contributed by atoms with Gasteiger partial charge < -0.3 is 15.4 Å². The summed E-state index contributed by atoms with van der Waals surface area (Å²) in [5, 5.41) is 7.54. The number of halogens is 2. The highest BCUT2D eigenvalue weighted by molar-refractivity contribution is 14.0. The number of morpholine rings is 1. The lowest BCUT2D eigenvalue weighted by Gasteiger charge is -2.37. The fourth-order valence-electron chi connectivity index (χ4n) is 3.08. The minimum atomic E-state index is 0. The third kappa shape index (κ3) is 7.58. The molecule has 2 atom stereocenters. The van der Waals surface area contributed by atoms with Crippen molar-refractivity contribution in [3.63, 3.8) is 0 Å². The normalized spacial score (nSPS) is 19.5. The number of hydrogen-bond acceptors (Lipinski definition) is 3. The lowest BCUT2D eigenvalue weighted by molar-refractivity contribution is -0.0165. The molecule has 1 saturated heterocycles. The first-order chi connectivity index (χ1) is 12.1. The van der Waals surface area contributed by atoms with Gasteiger partial charge in [0.1, 0.15) is 0 Å². The van der Waals surface area contributed by atoms with Gasteiger partial charge in [-0.05, 0) is 38.8 Å². The maximum Gasteiger partial charge on any atom is 0.191 e. The van der Waals surface area contributed by atoms with Gasteiger partial charge in [0.25, 0.3) is 0 Å². The molecule has 1 heterocycles. The number of nitrogens with zero attached hydrogens (tertiary/aromatic N) is 2. The van der Waals surface area contributed by atoms with E-state index in [0.717, 1.165) is 62.4 Å². The van der Waals surface area contributed by atoms with Crippen LogP contribution < -0.4 is 10.6 Å². The van der Waals surface area contributed by atoms with Gasteiger partial charge in [-0.15, -0.1) is 24.0 Å². The Morgan fingerprint density at radius 3 is 2.85 bits per heavy atom. The second-order valence-electron chi connectivity index (χ2n) is 6.50. The number of benzene rings is 1. The second-order valence-corrected chi connectivity index (χ2v) is 6.91. The first-order valence-electron chi connectivity index (χ1n) is 9.21. The molecule has 2 rings (SSSR count). The predicted octanol–water partition coefficient (Wildman–Crippen LogP) is 3.16. The number of rotatable bonds is 7. The molecule has 1 aliphatic heterocycles. The van der Waals surface area contributed by atoms with Crippen molar-refractivity contribution in [2.24, 2.45) is 4.99 Å². The van der Waals surface area contributed by atoms with Gasteiger partial charge in [-0.1, -0.05) is 29.8 Å². The molecule has 2 unspecified atom stereocenters. The summed E-state index contributed by atoms with van der Waals surface area (Å²) in [6.07, 6.45) is 0.875. The minimum absolute atomic E-state index is 0. The van der Waals surface area contributed by atoms with Crippen LogP contribution in [-0.2, 0) is 11.2 Å². The fourth-order valence-corrected chi connectivity index (χ4v) is 3.31. The van der Waals surface area contributed by atoms with Crippen molar-refractivity contribution in [1.82, 2.24) is 15.5 Å². The Labute approximate surface area is 179 Å². The molecule has 1 aromatic carbocycles. The fraction of sp³-hybridized carbons (Fsp3) is 0.632. The summed E-state index contributed by atoms with van der Waals surface area (Å²) in [6, 6.07) is 8.83. The highest BCUT2D eigenvalue weighted by atomic mass is 127. The molecule has 148 valence electrons. The van der Waals surface area contributed by atoms with Gasteiger partial charge in [-0.3, -0.25) is 9.89 Å². The van der Waals surface area contributed by atoms with Gasteiger partial charge >= 0.3 is 0 Å². The zero-order valence-electron chi connectivity index (χ0n) is 16.0. The van der Waals surface area contributed by atoms with Gasteiger partial charge in [0.2, 0.25) is 0 Å². The van der Waals surface area contributed by atoms with Crippen LogP contribution in [0.3, 0.4) is 0 Å². The van der Waals surface area contributed by atoms with Gasteiger partial charge in [-0.2, -0.15) is 0 Å². The molecule has 7 heteroatoms. The maximum absolute atomic E-state index is 6.21. The summed E-state index contributed by atoms with van der Waals surface area (Å²) in [7, 11) is 0. The summed E-state index contributed by atoms with van der Waals surface area (Å²) in [6.45, 7) is 11.6. The van der Waals surface area contributed by atoms with Crippen LogP contribution in [0.25, 0.3) is 0 Å². The number of nitrogens with one attached hydrogen (secondary N) is 2. The number of guanidine groups is 1. The van der Waals surface area contributed by atoms with E-state index >= 15 is 0 Å². The lowest BCUT2D eigenvalue weighted by Crippen LogP contribution is -2.49. The van der Waals surface area contributed by atoms with Crippen molar-refractivity contribution in [2.75, 3.05) is 39.4 Å². The first kappa shape index (κ1) is 23.5. The third-order valence-corrected chi connectivity index (χ3v) is 4.86. The van der Waals surface area contributed by atoms with Gasteiger partial charge in [0.15, 0.2) is 5.96 Å². The predicted molar refractivity (Wildman–Crippen MR) is 121 cm³/mol. The van der Waals surface area contributed by atoms with Crippen LogP contribution in [-0.4, -0.2) is 62.3 Å². The smallest absolute Gasteiger partial charge is 0.191 e. The summed E-state index contributed by atoms with van der Waals surface area (Å²) >= 11 is 6.21. The van der Waals surface area contributed by atoms with E-state index in [2.05, 4.69) is 42.4 Å². The van der Waals surface area contributed by atoms with Gasteiger partial charge in [0.05, 0.1) is 19.8 Å². The quantitative estimate of drug-likeness (QED) is 0.347. The lowest BCUT2D eigenvalue weighted by atomic mass is 10.1. The van der Waals surface area contributed by atoms with Crippen LogP contribution >= 0.6 is 35.6 Å². The van der Waals surface area contributed by atoms with Gasteiger partial charge in [0, 0.05) is 36.7 Å². The average molecular weight is 495 g/mol. The highest BCUT2D eigenvalue weighted by Crippen LogP contribution is 2.14. The van der Waals surface area contributed by atoms with Crippen molar-refractivity contribution in [3.05, 3.63) is 34.9 Å². The van der Waals surface area contributed by atoms with E-state index in [9.17, 15) is 0 Å². The Bertz CT molecular complexity index is 558. The first-order valence-corrected chi connectivity index (χ1v) is 9.58. The number of ether oxygens (including phenoxy) is 1. The molecular weight excluding hydrogens is 463 g/mol. The Balaban J connectivity index is 0.00000338. The molecule has 0 aromatic heterocycles.